The molecule has 0 bridgehead atoms. The molecule has 3 heterocycles. The van der Waals surface area contributed by atoms with E-state index in [1.54, 1.807) is 12.1 Å². The number of rotatable bonds is 4. The lowest BCUT2D eigenvalue weighted by Crippen LogP contribution is -2.26. The zero-order chi connectivity index (χ0) is 13.2. The van der Waals surface area contributed by atoms with Crippen LogP contribution < -0.4 is 0 Å². The van der Waals surface area contributed by atoms with Gasteiger partial charge < -0.3 is 13.8 Å². The van der Waals surface area contributed by atoms with Crippen LogP contribution in [-0.2, 0) is 11.2 Å². The molecule has 0 spiro atoms. The average molecular weight is 326 g/mol. The number of amides is 1. The van der Waals surface area contributed by atoms with Crippen molar-refractivity contribution < 1.29 is 13.7 Å². The number of halogens is 1. The highest BCUT2D eigenvalue weighted by molar-refractivity contribution is 9.10. The predicted molar refractivity (Wildman–Crippen MR) is 69.2 cm³/mol. The van der Waals surface area contributed by atoms with Gasteiger partial charge in [-0.2, -0.15) is 4.98 Å². The van der Waals surface area contributed by atoms with Crippen molar-refractivity contribution in [2.45, 2.75) is 19.3 Å². The second kappa shape index (κ2) is 5.16. The Morgan fingerprint density at radius 3 is 3.00 bits per heavy atom. The Labute approximate surface area is 117 Å². The standard InChI is InChI=1S/C12H12BrN3O3/c13-9-4-3-8(18-9)12-14-10(19-15-12)5-7-16-6-1-2-11(16)17/h3-4H,1-2,5-7H2. The Morgan fingerprint density at radius 1 is 1.42 bits per heavy atom. The van der Waals surface area contributed by atoms with E-state index in [4.69, 9.17) is 8.94 Å². The van der Waals surface area contributed by atoms with E-state index < -0.39 is 0 Å². The quantitative estimate of drug-likeness (QED) is 0.862. The fourth-order valence-electron chi connectivity index (χ4n) is 2.06. The topological polar surface area (TPSA) is 72.4 Å². The van der Waals surface area contributed by atoms with Gasteiger partial charge in [-0.15, -0.1) is 0 Å². The van der Waals surface area contributed by atoms with Crippen LogP contribution in [0.15, 0.2) is 25.7 Å². The maximum atomic E-state index is 11.5. The summed E-state index contributed by atoms with van der Waals surface area (Å²) in [4.78, 5) is 17.5. The van der Waals surface area contributed by atoms with Crippen molar-refractivity contribution in [1.29, 1.82) is 0 Å². The number of aromatic nitrogens is 2. The molecule has 1 aliphatic heterocycles. The fourth-order valence-corrected chi connectivity index (χ4v) is 2.37. The van der Waals surface area contributed by atoms with E-state index in [0.29, 0.717) is 41.5 Å². The molecular formula is C12H12BrN3O3. The molecule has 1 amide bonds. The third-order valence-electron chi connectivity index (χ3n) is 3.03. The number of carbonyl (C=O) groups excluding carboxylic acids is 1. The maximum absolute atomic E-state index is 11.5. The molecule has 1 fully saturated rings. The monoisotopic (exact) mass is 325 g/mol. The molecule has 0 aliphatic carbocycles. The van der Waals surface area contributed by atoms with Crippen LogP contribution in [0.3, 0.4) is 0 Å². The minimum absolute atomic E-state index is 0.203. The molecule has 0 unspecified atom stereocenters. The van der Waals surface area contributed by atoms with E-state index in [9.17, 15) is 4.79 Å². The Kier molecular flexibility index (Phi) is 3.37. The number of nitrogens with zero attached hydrogens (tertiary/aromatic N) is 3. The molecule has 0 atom stereocenters. The lowest BCUT2D eigenvalue weighted by molar-refractivity contribution is -0.127. The average Bonchev–Trinajstić information content (AvgIpc) is 3.08. The van der Waals surface area contributed by atoms with Crippen LogP contribution in [0, 0.1) is 0 Å². The maximum Gasteiger partial charge on any atom is 0.238 e. The van der Waals surface area contributed by atoms with Gasteiger partial charge in [0.15, 0.2) is 10.4 Å². The molecule has 2 aromatic rings. The zero-order valence-corrected chi connectivity index (χ0v) is 11.7. The molecule has 0 saturated carbocycles. The first-order chi connectivity index (χ1) is 9.22. The van der Waals surface area contributed by atoms with Gasteiger partial charge in [0.2, 0.25) is 17.6 Å². The highest BCUT2D eigenvalue weighted by Gasteiger charge is 2.20. The van der Waals surface area contributed by atoms with E-state index in [1.165, 1.54) is 0 Å². The van der Waals surface area contributed by atoms with Gasteiger partial charge in [0.05, 0.1) is 0 Å². The number of likely N-dealkylation sites (tertiary alicyclic amines) is 1. The third kappa shape index (κ3) is 2.70. The summed E-state index contributed by atoms with van der Waals surface area (Å²) in [5, 5.41) is 3.86. The highest BCUT2D eigenvalue weighted by Crippen LogP contribution is 2.22. The second-order valence-corrected chi connectivity index (χ2v) is 5.13. The summed E-state index contributed by atoms with van der Waals surface area (Å²) in [6.45, 7) is 1.45. The normalized spacial score (nSPS) is 15.4. The Morgan fingerprint density at radius 2 is 2.32 bits per heavy atom. The van der Waals surface area contributed by atoms with Gasteiger partial charge in [0.1, 0.15) is 0 Å². The van der Waals surface area contributed by atoms with Crippen molar-refractivity contribution in [3.05, 3.63) is 22.7 Å². The summed E-state index contributed by atoms with van der Waals surface area (Å²) >= 11 is 3.22. The molecule has 1 aliphatic rings. The molecule has 1 saturated heterocycles. The molecule has 0 aromatic carbocycles. The second-order valence-electron chi connectivity index (χ2n) is 4.35. The van der Waals surface area contributed by atoms with Gasteiger partial charge in [-0.05, 0) is 34.5 Å². The molecule has 100 valence electrons. The molecule has 7 heteroatoms. The SMILES string of the molecule is O=C1CCCN1CCc1nc(-c2ccc(Br)o2)no1. The van der Waals surface area contributed by atoms with Crippen LogP contribution in [0.2, 0.25) is 0 Å². The number of hydrogen-bond donors (Lipinski definition) is 0. The van der Waals surface area contributed by atoms with Crippen molar-refractivity contribution in [3.63, 3.8) is 0 Å². The summed E-state index contributed by atoms with van der Waals surface area (Å²) in [5.41, 5.74) is 0. The largest absolute Gasteiger partial charge is 0.446 e. The summed E-state index contributed by atoms with van der Waals surface area (Å²) < 4.78 is 11.1. The van der Waals surface area contributed by atoms with E-state index >= 15 is 0 Å². The molecule has 0 N–H and O–H groups in total. The Bertz CT molecular complexity index is 593. The predicted octanol–water partition coefficient (Wildman–Crippen LogP) is 2.26. The van der Waals surface area contributed by atoms with E-state index in [1.807, 2.05) is 4.90 Å². The van der Waals surface area contributed by atoms with Gasteiger partial charge in [-0.3, -0.25) is 4.79 Å². The van der Waals surface area contributed by atoms with E-state index in [2.05, 4.69) is 26.1 Å². The van der Waals surface area contributed by atoms with Gasteiger partial charge in [0.25, 0.3) is 0 Å². The number of furan rings is 1. The first-order valence-electron chi connectivity index (χ1n) is 6.08. The van der Waals surface area contributed by atoms with Crippen LogP contribution in [-0.4, -0.2) is 34.0 Å². The smallest absolute Gasteiger partial charge is 0.238 e. The Hall–Kier alpha value is -1.63. The molecule has 6 nitrogen and oxygen atoms in total. The van der Waals surface area contributed by atoms with Gasteiger partial charge >= 0.3 is 0 Å². The van der Waals surface area contributed by atoms with Gasteiger partial charge in [-0.1, -0.05) is 5.16 Å². The van der Waals surface area contributed by atoms with Crippen molar-refractivity contribution >= 4 is 21.8 Å². The van der Waals surface area contributed by atoms with E-state index in [0.717, 1.165) is 13.0 Å². The summed E-state index contributed by atoms with van der Waals surface area (Å²) in [6, 6.07) is 3.54. The molecular weight excluding hydrogens is 314 g/mol. The van der Waals surface area contributed by atoms with Crippen LogP contribution >= 0.6 is 15.9 Å². The van der Waals surface area contributed by atoms with Gasteiger partial charge in [-0.25, -0.2) is 0 Å². The zero-order valence-electron chi connectivity index (χ0n) is 10.1. The third-order valence-corrected chi connectivity index (χ3v) is 3.45. The summed E-state index contributed by atoms with van der Waals surface area (Å²) in [7, 11) is 0. The fraction of sp³-hybridized carbons (Fsp3) is 0.417. The van der Waals surface area contributed by atoms with Gasteiger partial charge in [0, 0.05) is 25.9 Å². The Balaban J connectivity index is 1.63. The van der Waals surface area contributed by atoms with Crippen LogP contribution in [0.4, 0.5) is 0 Å². The van der Waals surface area contributed by atoms with Crippen molar-refractivity contribution in [2.75, 3.05) is 13.1 Å². The molecule has 19 heavy (non-hydrogen) atoms. The first-order valence-corrected chi connectivity index (χ1v) is 6.88. The summed E-state index contributed by atoms with van der Waals surface area (Å²) in [5.74, 6) is 1.70. The van der Waals surface area contributed by atoms with E-state index in [-0.39, 0.29) is 5.91 Å². The lowest BCUT2D eigenvalue weighted by Gasteiger charge is -2.13. The van der Waals surface area contributed by atoms with Crippen molar-refractivity contribution in [1.82, 2.24) is 15.0 Å². The van der Waals surface area contributed by atoms with Crippen LogP contribution in [0.1, 0.15) is 18.7 Å². The number of hydrogen-bond acceptors (Lipinski definition) is 5. The lowest BCUT2D eigenvalue weighted by atomic mass is 10.4. The van der Waals surface area contributed by atoms with Crippen LogP contribution in [0.5, 0.6) is 0 Å². The first kappa shape index (κ1) is 12.4. The molecule has 2 aromatic heterocycles. The molecule has 0 radical (unpaired) electrons. The summed E-state index contributed by atoms with van der Waals surface area (Å²) in [6.07, 6.45) is 2.16. The van der Waals surface area contributed by atoms with Crippen molar-refractivity contribution in [2.24, 2.45) is 0 Å². The highest BCUT2D eigenvalue weighted by atomic mass is 79.9. The molecule has 3 rings (SSSR count). The van der Waals surface area contributed by atoms with Crippen molar-refractivity contribution in [3.8, 4) is 11.6 Å². The minimum Gasteiger partial charge on any atom is -0.446 e. The number of carbonyl (C=O) groups is 1. The minimum atomic E-state index is 0.203. The van der Waals surface area contributed by atoms with Crippen LogP contribution in [0.25, 0.3) is 11.6 Å².